The van der Waals surface area contributed by atoms with E-state index in [1.807, 2.05) is 109 Å². The van der Waals surface area contributed by atoms with E-state index < -0.39 is 0 Å². The van der Waals surface area contributed by atoms with Crippen LogP contribution in [0.2, 0.25) is 0 Å². The number of aromatic amines is 4. The van der Waals surface area contributed by atoms with E-state index in [1.54, 1.807) is 0 Å². The summed E-state index contributed by atoms with van der Waals surface area (Å²) in [5, 5.41) is 2.94. The van der Waals surface area contributed by atoms with Gasteiger partial charge in [0, 0.05) is 55.3 Å². The Morgan fingerprint density at radius 2 is 0.585 bits per heavy atom. The highest BCUT2D eigenvalue weighted by Crippen LogP contribution is 2.46. The highest BCUT2D eigenvalue weighted by atomic mass is 16.5. The molecule has 10 heterocycles. The number of nitrogens with zero attached hydrogens (tertiary/aromatic N) is 12. The number of allylic oxidation sites excluding steroid dienone is 4. The quantitative estimate of drug-likeness (QED) is 0.125. The topological polar surface area (TPSA) is 236 Å². The third-order valence-corrected chi connectivity index (χ3v) is 17.2. The number of fused-ring (bicyclic) bond motifs is 22. The van der Waals surface area contributed by atoms with Gasteiger partial charge >= 0.3 is 0 Å². The van der Waals surface area contributed by atoms with Gasteiger partial charge in [-0.3, -0.25) is 0 Å². The summed E-state index contributed by atoms with van der Waals surface area (Å²) in [7, 11) is 0. The maximum absolute atomic E-state index is 7.25. The Morgan fingerprint density at radius 3 is 0.915 bits per heavy atom. The fraction of sp³-hybridized carbons (Fsp3) is 0.316. The van der Waals surface area contributed by atoms with Crippen LogP contribution in [-0.2, 0) is 10.8 Å². The van der Waals surface area contributed by atoms with Gasteiger partial charge in [-0.1, -0.05) is 185 Å². The normalized spacial score (nSPS) is 14.1. The first-order valence-electron chi connectivity index (χ1n) is 32.0. The van der Waals surface area contributed by atoms with Crippen LogP contribution in [0.4, 0.5) is 0 Å². The van der Waals surface area contributed by atoms with Gasteiger partial charge in [-0.25, -0.2) is 59.8 Å². The molecule has 6 aromatic heterocycles. The number of rotatable bonds is 5. The van der Waals surface area contributed by atoms with E-state index in [4.69, 9.17) is 69.3 Å². The first-order valence-corrected chi connectivity index (χ1v) is 32.0. The minimum absolute atomic E-state index is 0.269. The fourth-order valence-electron chi connectivity index (χ4n) is 12.3. The van der Waals surface area contributed by atoms with E-state index in [-0.39, 0.29) is 32.5 Å². The molecule has 14 rings (SSSR count). The van der Waals surface area contributed by atoms with Crippen LogP contribution in [0.3, 0.4) is 0 Å². The zero-order chi connectivity index (χ0) is 66.3. The second-order valence-corrected chi connectivity index (χ2v) is 30.8. The van der Waals surface area contributed by atoms with Crippen LogP contribution in [0.25, 0.3) is 124 Å². The number of hydrogen-bond donors (Lipinski definition) is 4. The standard InChI is InChI=1S/C76H78N16O2/c1-71(2,3)43-33-53-77-61-41-27-23-31-51(59(41)69(89-61)91-67-47(75(13,14)15)37-57(87-67)85-65-45(73(7,8)9)35-55(83-65)81-63(43)79-53)93-49-29-21-19-25-39(49)40-26-20-22-30-50(40)94-52-32-24-28-42-60(52)70-90-62(42)78-54-34-44(72(4,5)6)64(80-54)82-56-36-46(74(10,11)12)66(84-56)86-58-38-48(76(16,17)18)68(88-58)92-70/h19-38H,1-18H3,(H2,77,79,81,83,85,87,89,91)(H2,78,80,82,84,86,88,90,92). The van der Waals surface area contributed by atoms with Gasteiger partial charge < -0.3 is 29.4 Å². The fourth-order valence-corrected chi connectivity index (χ4v) is 12.3. The average Bonchev–Trinajstić information content (AvgIpc) is 1.58. The molecule has 0 saturated carbocycles. The summed E-state index contributed by atoms with van der Waals surface area (Å²) in [5.41, 5.74) is 10.2. The maximum atomic E-state index is 7.25. The summed E-state index contributed by atoms with van der Waals surface area (Å²) in [6.45, 7) is 38.9. The van der Waals surface area contributed by atoms with Gasteiger partial charge in [-0.2, -0.15) is 0 Å². The number of aromatic nitrogens is 16. The predicted molar refractivity (Wildman–Crippen MR) is 378 cm³/mol. The Morgan fingerprint density at radius 1 is 0.277 bits per heavy atom. The summed E-state index contributed by atoms with van der Waals surface area (Å²) >= 11 is 0. The SMILES string of the molecule is CC(C)(C)C1=Cc2nc1nc1cc(C(C)(C)C)c(nc3nc(nc4[nH]c(n2)c2cccc(Oc5ccccc5-c5ccccc5Oc5cccc6c7nc8nc(nc9cc(C(C)(C)C)c(nc%10nc(nc([nH]7)c56)C(C(C)(C)C)=C%10)[nH]9)C(C(C)(C)C)=C8)c42)C(C(C)(C)C)=C3)[nH]1. The van der Waals surface area contributed by atoms with Crippen LogP contribution in [-0.4, -0.2) is 79.7 Å². The van der Waals surface area contributed by atoms with Crippen LogP contribution in [0.15, 0.2) is 97.1 Å². The Balaban J connectivity index is 0.939. The second-order valence-electron chi connectivity index (χ2n) is 30.8. The molecule has 4 aromatic carbocycles. The summed E-state index contributed by atoms with van der Waals surface area (Å²) in [4.78, 5) is 76.8. The van der Waals surface area contributed by atoms with Gasteiger partial charge in [0.2, 0.25) is 0 Å². The molecule has 0 radical (unpaired) electrons. The second kappa shape index (κ2) is 21.6. The van der Waals surface area contributed by atoms with Gasteiger partial charge in [0.15, 0.2) is 46.6 Å². The van der Waals surface area contributed by atoms with E-state index >= 15 is 0 Å². The molecule has 0 unspecified atom stereocenters. The third kappa shape index (κ3) is 11.4. The van der Waals surface area contributed by atoms with Crippen molar-refractivity contribution in [1.29, 1.82) is 0 Å². The van der Waals surface area contributed by atoms with E-state index in [0.717, 1.165) is 55.3 Å². The van der Waals surface area contributed by atoms with E-state index in [9.17, 15) is 0 Å². The van der Waals surface area contributed by atoms with E-state index in [2.05, 4.69) is 157 Å². The maximum Gasteiger partial charge on any atom is 0.160 e. The lowest BCUT2D eigenvalue weighted by Crippen LogP contribution is -2.10. The average molecular weight is 1250 g/mol. The van der Waals surface area contributed by atoms with Crippen molar-refractivity contribution in [3.8, 4) is 34.1 Å². The van der Waals surface area contributed by atoms with Crippen LogP contribution in [0.5, 0.6) is 23.0 Å². The van der Waals surface area contributed by atoms with Crippen molar-refractivity contribution in [3.05, 3.63) is 155 Å². The number of H-pyrrole nitrogens is 4. The number of ether oxygens (including phenoxy) is 2. The first kappa shape index (κ1) is 61.2. The van der Waals surface area contributed by atoms with Crippen LogP contribution in [0.1, 0.15) is 182 Å². The molecule has 18 nitrogen and oxygen atoms in total. The minimum Gasteiger partial charge on any atom is -0.456 e. The molecule has 10 aromatic rings. The molecular weight excluding hydrogens is 1170 g/mol. The van der Waals surface area contributed by atoms with Crippen molar-refractivity contribution in [3.63, 3.8) is 0 Å². The zero-order valence-electron chi connectivity index (χ0n) is 56.7. The van der Waals surface area contributed by atoms with Gasteiger partial charge in [0.1, 0.15) is 68.2 Å². The van der Waals surface area contributed by atoms with Crippen LogP contribution in [0, 0.1) is 21.7 Å². The highest BCUT2D eigenvalue weighted by molar-refractivity contribution is 6.10. The van der Waals surface area contributed by atoms with Gasteiger partial charge in [-0.05, 0) is 93.2 Å². The molecule has 0 atom stereocenters. The smallest absolute Gasteiger partial charge is 0.160 e. The first-order chi connectivity index (χ1) is 44.3. The molecule has 16 bridgehead atoms. The molecule has 94 heavy (non-hydrogen) atoms. The van der Waals surface area contributed by atoms with Crippen LogP contribution >= 0.6 is 0 Å². The molecule has 0 aliphatic carbocycles. The number of hydrogen-bond acceptors (Lipinski definition) is 14. The summed E-state index contributed by atoms with van der Waals surface area (Å²) in [6, 6.07) is 32.0. The van der Waals surface area contributed by atoms with Crippen molar-refractivity contribution in [2.75, 3.05) is 0 Å². The van der Waals surface area contributed by atoms with E-state index in [1.165, 1.54) is 0 Å². The van der Waals surface area contributed by atoms with Crippen molar-refractivity contribution >= 4 is 113 Å². The van der Waals surface area contributed by atoms with Gasteiger partial charge in [0.25, 0.3) is 0 Å². The summed E-state index contributed by atoms with van der Waals surface area (Å²) in [6.07, 6.45) is 8.10. The third-order valence-electron chi connectivity index (χ3n) is 17.2. The molecule has 0 fully saturated rings. The van der Waals surface area contributed by atoms with E-state index in [0.29, 0.717) is 126 Å². The number of nitrogens with one attached hydrogen (secondary N) is 4. The molecule has 18 heteroatoms. The lowest BCUT2D eigenvalue weighted by molar-refractivity contribution is 0.483. The molecule has 0 spiro atoms. The monoisotopic (exact) mass is 1250 g/mol. The highest BCUT2D eigenvalue weighted by Gasteiger charge is 2.32. The molecule has 0 saturated heterocycles. The van der Waals surface area contributed by atoms with Gasteiger partial charge in [0.05, 0.1) is 10.8 Å². The van der Waals surface area contributed by atoms with Crippen molar-refractivity contribution < 1.29 is 9.47 Å². The van der Waals surface area contributed by atoms with Crippen LogP contribution < -0.4 is 9.47 Å². The molecule has 474 valence electrons. The number of para-hydroxylation sites is 2. The Kier molecular flexibility index (Phi) is 14.1. The Labute approximate surface area is 545 Å². The molecule has 4 N–H and O–H groups in total. The van der Waals surface area contributed by atoms with Crippen molar-refractivity contribution in [2.45, 2.75) is 135 Å². The largest absolute Gasteiger partial charge is 0.456 e. The minimum atomic E-state index is -0.360. The zero-order valence-corrected chi connectivity index (χ0v) is 56.7. The predicted octanol–water partition coefficient (Wildman–Crippen LogP) is 18.6. The van der Waals surface area contributed by atoms with Crippen molar-refractivity contribution in [1.82, 2.24) is 79.7 Å². The van der Waals surface area contributed by atoms with Gasteiger partial charge in [-0.15, -0.1) is 0 Å². The van der Waals surface area contributed by atoms with Crippen molar-refractivity contribution in [2.24, 2.45) is 21.7 Å². The molecular formula is C76H78N16O2. The lowest BCUT2D eigenvalue weighted by atomic mass is 9.86. The Hall–Kier alpha value is -10.4. The number of benzene rings is 4. The Bertz CT molecular complexity index is 5000. The molecule has 4 aliphatic heterocycles. The molecule has 4 aliphatic rings. The summed E-state index contributed by atoms with van der Waals surface area (Å²) < 4.78 is 14.5. The molecule has 0 amide bonds. The lowest BCUT2D eigenvalue weighted by Gasteiger charge is -2.18. The summed E-state index contributed by atoms with van der Waals surface area (Å²) in [5.74, 6) is 6.46.